The highest BCUT2D eigenvalue weighted by atomic mass is 35.5. The van der Waals surface area contributed by atoms with Crippen LogP contribution in [0.15, 0.2) is 29.4 Å². The number of halogens is 1. The van der Waals surface area contributed by atoms with Gasteiger partial charge in [0.2, 0.25) is 0 Å². The molecule has 4 N–H and O–H groups in total. The molecule has 0 fully saturated rings. The second kappa shape index (κ2) is 6.61. The van der Waals surface area contributed by atoms with Gasteiger partial charge in [-0.1, -0.05) is 48.8 Å². The number of nitrogens with one attached hydrogen (secondary N) is 1. The number of hydrogen-bond donors (Lipinski definition) is 3. The number of rotatable bonds is 6. The predicted molar refractivity (Wildman–Crippen MR) is 75.0 cm³/mol. The lowest BCUT2D eigenvalue weighted by Crippen LogP contribution is -2.34. The minimum Gasteiger partial charge on any atom is -0.409 e. The second-order valence-electron chi connectivity index (χ2n) is 4.89. The molecule has 0 aliphatic carbocycles. The standard InChI is InChI=1S/C13H20ClN3O/c1-13(2,12(15)17-18)7-8-16-9-10-5-3-4-6-11(10)14/h3-6,16,18H,7-9H2,1-2H3,(H2,15,17). The Balaban J connectivity index is 2.38. The SMILES string of the molecule is CC(C)(CCNCc1ccccc1Cl)C(N)=NO. The van der Waals surface area contributed by atoms with Gasteiger partial charge in [-0.05, 0) is 24.6 Å². The normalized spacial score (nSPS) is 12.7. The Morgan fingerprint density at radius 3 is 2.72 bits per heavy atom. The summed E-state index contributed by atoms with van der Waals surface area (Å²) in [6.07, 6.45) is 0.785. The predicted octanol–water partition coefficient (Wildman–Crippen LogP) is 2.59. The lowest BCUT2D eigenvalue weighted by molar-refractivity contribution is 0.305. The van der Waals surface area contributed by atoms with Gasteiger partial charge in [0.25, 0.3) is 0 Å². The molecule has 0 unspecified atom stereocenters. The van der Waals surface area contributed by atoms with Crippen molar-refractivity contribution < 1.29 is 5.21 Å². The number of hydrogen-bond acceptors (Lipinski definition) is 3. The first kappa shape index (κ1) is 14.8. The summed E-state index contributed by atoms with van der Waals surface area (Å²) in [6.45, 7) is 5.37. The van der Waals surface area contributed by atoms with Crippen molar-refractivity contribution in [1.29, 1.82) is 0 Å². The monoisotopic (exact) mass is 269 g/mol. The van der Waals surface area contributed by atoms with Gasteiger partial charge in [-0.2, -0.15) is 0 Å². The fourth-order valence-electron chi connectivity index (χ4n) is 1.53. The fourth-order valence-corrected chi connectivity index (χ4v) is 1.73. The lowest BCUT2D eigenvalue weighted by Gasteiger charge is -2.22. The molecule has 0 aromatic heterocycles. The maximum atomic E-state index is 8.67. The van der Waals surface area contributed by atoms with Crippen LogP contribution in [-0.4, -0.2) is 17.6 Å². The summed E-state index contributed by atoms with van der Waals surface area (Å²) in [5.41, 5.74) is 6.37. The number of benzene rings is 1. The van der Waals surface area contributed by atoms with Gasteiger partial charge in [-0.3, -0.25) is 0 Å². The van der Waals surface area contributed by atoms with Gasteiger partial charge >= 0.3 is 0 Å². The van der Waals surface area contributed by atoms with E-state index in [1.54, 1.807) is 0 Å². The van der Waals surface area contributed by atoms with Crippen LogP contribution in [0.25, 0.3) is 0 Å². The molecule has 0 saturated heterocycles. The Hall–Kier alpha value is -1.26. The van der Waals surface area contributed by atoms with Crippen LogP contribution in [0.5, 0.6) is 0 Å². The summed E-state index contributed by atoms with van der Waals surface area (Å²) in [5, 5.41) is 15.8. The van der Waals surface area contributed by atoms with Crippen LogP contribution in [0.1, 0.15) is 25.8 Å². The molecule has 1 aromatic rings. The van der Waals surface area contributed by atoms with Crippen molar-refractivity contribution in [3.05, 3.63) is 34.9 Å². The van der Waals surface area contributed by atoms with Gasteiger partial charge in [0.1, 0.15) is 5.84 Å². The highest BCUT2D eigenvalue weighted by molar-refractivity contribution is 6.31. The van der Waals surface area contributed by atoms with E-state index in [1.807, 2.05) is 38.1 Å². The third kappa shape index (κ3) is 4.20. The van der Waals surface area contributed by atoms with Crippen molar-refractivity contribution in [2.45, 2.75) is 26.8 Å². The Morgan fingerprint density at radius 2 is 2.11 bits per heavy atom. The highest BCUT2D eigenvalue weighted by Gasteiger charge is 2.22. The molecule has 0 bridgehead atoms. The van der Waals surface area contributed by atoms with Crippen molar-refractivity contribution in [2.75, 3.05) is 6.54 Å². The molecule has 0 radical (unpaired) electrons. The van der Waals surface area contributed by atoms with Gasteiger partial charge in [0, 0.05) is 17.0 Å². The van der Waals surface area contributed by atoms with Crippen LogP contribution in [0, 0.1) is 5.41 Å². The van der Waals surface area contributed by atoms with E-state index in [9.17, 15) is 0 Å². The Bertz CT molecular complexity index is 418. The molecule has 5 heteroatoms. The molecule has 0 aliphatic heterocycles. The van der Waals surface area contributed by atoms with Gasteiger partial charge in [0.05, 0.1) is 0 Å². The molecule has 1 rings (SSSR count). The van der Waals surface area contributed by atoms with E-state index >= 15 is 0 Å². The third-order valence-electron chi connectivity index (χ3n) is 3.00. The molecule has 0 heterocycles. The van der Waals surface area contributed by atoms with Crippen molar-refractivity contribution in [1.82, 2.24) is 5.32 Å². The van der Waals surface area contributed by atoms with Crippen LogP contribution in [-0.2, 0) is 6.54 Å². The van der Waals surface area contributed by atoms with E-state index in [-0.39, 0.29) is 11.3 Å². The Labute approximate surface area is 113 Å². The number of nitrogens with two attached hydrogens (primary N) is 1. The largest absolute Gasteiger partial charge is 0.409 e. The summed E-state index contributed by atoms with van der Waals surface area (Å²) in [7, 11) is 0. The molecule has 0 atom stereocenters. The van der Waals surface area contributed by atoms with Crippen molar-refractivity contribution in [3.63, 3.8) is 0 Å². The van der Waals surface area contributed by atoms with Crippen LogP contribution < -0.4 is 11.1 Å². The number of amidine groups is 1. The molecule has 100 valence electrons. The molecule has 4 nitrogen and oxygen atoms in total. The fraction of sp³-hybridized carbons (Fsp3) is 0.462. The highest BCUT2D eigenvalue weighted by Crippen LogP contribution is 2.20. The zero-order chi connectivity index (χ0) is 13.6. The maximum absolute atomic E-state index is 8.67. The minimum absolute atomic E-state index is 0.252. The first-order chi connectivity index (χ1) is 8.47. The molecule has 0 saturated carbocycles. The summed E-state index contributed by atoms with van der Waals surface area (Å²) in [5.74, 6) is 0.252. The van der Waals surface area contributed by atoms with Crippen LogP contribution in [0.2, 0.25) is 5.02 Å². The summed E-state index contributed by atoms with van der Waals surface area (Å²) in [4.78, 5) is 0. The quantitative estimate of drug-likeness (QED) is 0.244. The van der Waals surface area contributed by atoms with Gasteiger partial charge in [-0.15, -0.1) is 0 Å². The molecule has 0 aliphatic rings. The Kier molecular flexibility index (Phi) is 5.44. The van der Waals surface area contributed by atoms with Gasteiger partial charge < -0.3 is 16.3 Å². The van der Waals surface area contributed by atoms with E-state index in [0.29, 0.717) is 6.54 Å². The van der Waals surface area contributed by atoms with Crippen LogP contribution >= 0.6 is 11.6 Å². The van der Waals surface area contributed by atoms with Crippen LogP contribution in [0.4, 0.5) is 0 Å². The average Bonchev–Trinajstić information content (AvgIpc) is 2.35. The molecule has 1 aromatic carbocycles. The minimum atomic E-state index is -0.317. The molecule has 18 heavy (non-hydrogen) atoms. The summed E-state index contributed by atoms with van der Waals surface area (Å²) < 4.78 is 0. The van der Waals surface area contributed by atoms with Gasteiger partial charge in [-0.25, -0.2) is 0 Å². The maximum Gasteiger partial charge on any atom is 0.144 e. The topological polar surface area (TPSA) is 70.6 Å². The molecular weight excluding hydrogens is 250 g/mol. The average molecular weight is 270 g/mol. The summed E-state index contributed by atoms with van der Waals surface area (Å²) >= 11 is 6.05. The Morgan fingerprint density at radius 1 is 1.44 bits per heavy atom. The van der Waals surface area contributed by atoms with Gasteiger partial charge in [0.15, 0.2) is 0 Å². The van der Waals surface area contributed by atoms with Crippen molar-refractivity contribution in [2.24, 2.45) is 16.3 Å². The van der Waals surface area contributed by atoms with E-state index in [4.69, 9.17) is 22.5 Å². The zero-order valence-electron chi connectivity index (χ0n) is 10.8. The zero-order valence-corrected chi connectivity index (χ0v) is 11.5. The molecule has 0 spiro atoms. The van der Waals surface area contributed by atoms with E-state index in [0.717, 1.165) is 23.6 Å². The molecule has 0 amide bonds. The lowest BCUT2D eigenvalue weighted by atomic mass is 9.88. The summed E-state index contributed by atoms with van der Waals surface area (Å²) in [6, 6.07) is 7.74. The smallest absolute Gasteiger partial charge is 0.144 e. The third-order valence-corrected chi connectivity index (χ3v) is 3.37. The van der Waals surface area contributed by atoms with Crippen molar-refractivity contribution in [3.8, 4) is 0 Å². The number of oxime groups is 1. The van der Waals surface area contributed by atoms with E-state index in [2.05, 4.69) is 10.5 Å². The van der Waals surface area contributed by atoms with Crippen LogP contribution in [0.3, 0.4) is 0 Å². The first-order valence-electron chi connectivity index (χ1n) is 5.89. The van der Waals surface area contributed by atoms with E-state index in [1.165, 1.54) is 0 Å². The number of nitrogens with zero attached hydrogens (tertiary/aromatic N) is 1. The first-order valence-corrected chi connectivity index (χ1v) is 6.27. The molecular formula is C13H20ClN3O. The van der Waals surface area contributed by atoms with Crippen molar-refractivity contribution >= 4 is 17.4 Å². The second-order valence-corrected chi connectivity index (χ2v) is 5.29. The van der Waals surface area contributed by atoms with E-state index < -0.39 is 0 Å².